The first-order valence-electron chi connectivity index (χ1n) is 7.40. The second-order valence-corrected chi connectivity index (χ2v) is 6.34. The quantitative estimate of drug-likeness (QED) is 0.693. The third-order valence-electron chi connectivity index (χ3n) is 3.68. The Hall–Kier alpha value is -2.47. The minimum atomic E-state index is -0.301. The first kappa shape index (κ1) is 16.4. The van der Waals surface area contributed by atoms with Crippen molar-refractivity contribution in [3.8, 4) is 11.3 Å². The van der Waals surface area contributed by atoms with Crippen molar-refractivity contribution in [2.45, 2.75) is 13.0 Å². The molecule has 24 heavy (non-hydrogen) atoms. The monoisotopic (exact) mass is 387 g/mol. The van der Waals surface area contributed by atoms with Crippen LogP contribution in [0.1, 0.15) is 29.0 Å². The van der Waals surface area contributed by atoms with Gasteiger partial charge in [-0.3, -0.25) is 9.89 Å². The molecule has 1 aromatic heterocycles. The van der Waals surface area contributed by atoms with E-state index in [2.05, 4.69) is 31.4 Å². The standard InChI is InChI=1S/C18H15BrFN3O/c1-11(12-4-8-15(20)9-5-12)21-18(24)17-10-16(22-23-17)13-2-6-14(19)7-3-13/h2-11H,1H3,(H,21,24)(H,22,23). The van der Waals surface area contributed by atoms with E-state index in [9.17, 15) is 9.18 Å². The highest BCUT2D eigenvalue weighted by atomic mass is 79.9. The van der Waals surface area contributed by atoms with Crippen molar-refractivity contribution in [3.63, 3.8) is 0 Å². The van der Waals surface area contributed by atoms with Crippen LogP contribution in [-0.4, -0.2) is 16.1 Å². The lowest BCUT2D eigenvalue weighted by Crippen LogP contribution is -2.26. The van der Waals surface area contributed by atoms with Gasteiger partial charge in [0.2, 0.25) is 0 Å². The lowest BCUT2D eigenvalue weighted by molar-refractivity contribution is 0.0935. The number of carbonyl (C=O) groups is 1. The van der Waals surface area contributed by atoms with Gasteiger partial charge in [0, 0.05) is 10.0 Å². The SMILES string of the molecule is CC(NC(=O)c1cc(-c2ccc(Br)cc2)n[nH]1)c1ccc(F)cc1. The number of H-pyrrole nitrogens is 1. The lowest BCUT2D eigenvalue weighted by Gasteiger charge is -2.13. The van der Waals surface area contributed by atoms with E-state index in [0.717, 1.165) is 15.6 Å². The number of aromatic nitrogens is 2. The molecule has 6 heteroatoms. The molecule has 4 nitrogen and oxygen atoms in total. The summed E-state index contributed by atoms with van der Waals surface area (Å²) in [6.07, 6.45) is 0. The molecular formula is C18H15BrFN3O. The summed E-state index contributed by atoms with van der Waals surface area (Å²) in [5.74, 6) is -0.562. The van der Waals surface area contributed by atoms with Crippen LogP contribution in [0.25, 0.3) is 11.3 Å². The molecule has 1 amide bonds. The highest BCUT2D eigenvalue weighted by molar-refractivity contribution is 9.10. The normalized spacial score (nSPS) is 12.0. The van der Waals surface area contributed by atoms with Gasteiger partial charge in [0.15, 0.2) is 0 Å². The molecular weight excluding hydrogens is 373 g/mol. The maximum absolute atomic E-state index is 13.0. The highest BCUT2D eigenvalue weighted by Crippen LogP contribution is 2.21. The van der Waals surface area contributed by atoms with Gasteiger partial charge in [0.1, 0.15) is 11.5 Å². The van der Waals surface area contributed by atoms with Crippen LogP contribution in [0.5, 0.6) is 0 Å². The Labute approximate surface area is 147 Å². The lowest BCUT2D eigenvalue weighted by atomic mass is 10.1. The molecule has 0 spiro atoms. The van der Waals surface area contributed by atoms with Crippen molar-refractivity contribution in [2.75, 3.05) is 0 Å². The van der Waals surface area contributed by atoms with E-state index >= 15 is 0 Å². The van der Waals surface area contributed by atoms with Crippen molar-refractivity contribution in [3.05, 3.63) is 76.1 Å². The Morgan fingerprint density at radius 2 is 1.83 bits per heavy atom. The van der Waals surface area contributed by atoms with Crippen LogP contribution in [-0.2, 0) is 0 Å². The fourth-order valence-corrected chi connectivity index (χ4v) is 2.58. The number of rotatable bonds is 4. The van der Waals surface area contributed by atoms with Gasteiger partial charge in [-0.15, -0.1) is 0 Å². The van der Waals surface area contributed by atoms with Crippen molar-refractivity contribution < 1.29 is 9.18 Å². The molecule has 2 N–H and O–H groups in total. The van der Waals surface area contributed by atoms with Crippen molar-refractivity contribution in [1.29, 1.82) is 0 Å². The maximum atomic E-state index is 13.0. The van der Waals surface area contributed by atoms with Crippen LogP contribution in [0, 0.1) is 5.82 Å². The molecule has 0 radical (unpaired) electrons. The van der Waals surface area contributed by atoms with Gasteiger partial charge in [-0.05, 0) is 42.8 Å². The molecule has 3 aromatic rings. The largest absolute Gasteiger partial charge is 0.344 e. The van der Waals surface area contributed by atoms with Crippen molar-refractivity contribution in [2.24, 2.45) is 0 Å². The number of carbonyl (C=O) groups excluding carboxylic acids is 1. The topological polar surface area (TPSA) is 57.8 Å². The van der Waals surface area contributed by atoms with E-state index < -0.39 is 0 Å². The number of amides is 1. The Morgan fingerprint density at radius 3 is 2.50 bits per heavy atom. The number of nitrogens with zero attached hydrogens (tertiary/aromatic N) is 1. The summed E-state index contributed by atoms with van der Waals surface area (Å²) in [6.45, 7) is 1.84. The fraction of sp³-hybridized carbons (Fsp3) is 0.111. The van der Waals surface area contributed by atoms with E-state index in [1.807, 2.05) is 31.2 Å². The highest BCUT2D eigenvalue weighted by Gasteiger charge is 2.14. The van der Waals surface area contributed by atoms with Gasteiger partial charge in [0.25, 0.3) is 5.91 Å². The number of hydrogen-bond donors (Lipinski definition) is 2. The maximum Gasteiger partial charge on any atom is 0.269 e. The molecule has 0 bridgehead atoms. The molecule has 0 saturated carbocycles. The summed E-state index contributed by atoms with van der Waals surface area (Å²) in [4.78, 5) is 12.3. The summed E-state index contributed by atoms with van der Waals surface area (Å²) in [5, 5.41) is 9.79. The third kappa shape index (κ3) is 3.71. The molecule has 0 aliphatic rings. The Bertz CT molecular complexity index is 843. The molecule has 122 valence electrons. The minimum absolute atomic E-state index is 0.238. The fourth-order valence-electron chi connectivity index (χ4n) is 2.32. The second kappa shape index (κ2) is 6.97. The van der Waals surface area contributed by atoms with Crippen LogP contribution in [0.3, 0.4) is 0 Å². The molecule has 0 aliphatic heterocycles. The van der Waals surface area contributed by atoms with Gasteiger partial charge in [-0.1, -0.05) is 40.2 Å². The van der Waals surface area contributed by atoms with Gasteiger partial charge in [-0.25, -0.2) is 4.39 Å². The molecule has 0 fully saturated rings. The molecule has 0 aliphatic carbocycles. The van der Waals surface area contributed by atoms with E-state index in [4.69, 9.17) is 0 Å². The van der Waals surface area contributed by atoms with Crippen molar-refractivity contribution >= 4 is 21.8 Å². The minimum Gasteiger partial charge on any atom is -0.344 e. The van der Waals surface area contributed by atoms with E-state index in [0.29, 0.717) is 11.4 Å². The van der Waals surface area contributed by atoms with Crippen molar-refractivity contribution in [1.82, 2.24) is 15.5 Å². The summed E-state index contributed by atoms with van der Waals surface area (Å²) < 4.78 is 13.9. The summed E-state index contributed by atoms with van der Waals surface area (Å²) >= 11 is 3.38. The Balaban J connectivity index is 1.71. The number of hydrogen-bond acceptors (Lipinski definition) is 2. The number of aromatic amines is 1. The molecule has 1 heterocycles. The van der Waals surface area contributed by atoms with Crippen LogP contribution in [0.4, 0.5) is 4.39 Å². The van der Waals surface area contributed by atoms with E-state index in [1.165, 1.54) is 12.1 Å². The average molecular weight is 388 g/mol. The van der Waals surface area contributed by atoms with Crippen LogP contribution < -0.4 is 5.32 Å². The Morgan fingerprint density at radius 1 is 1.17 bits per heavy atom. The van der Waals surface area contributed by atoms with Crippen LogP contribution in [0.2, 0.25) is 0 Å². The number of benzene rings is 2. The smallest absolute Gasteiger partial charge is 0.269 e. The van der Waals surface area contributed by atoms with E-state index in [1.54, 1.807) is 18.2 Å². The van der Waals surface area contributed by atoms with Gasteiger partial charge in [-0.2, -0.15) is 5.10 Å². The number of nitrogens with one attached hydrogen (secondary N) is 2. The first-order valence-corrected chi connectivity index (χ1v) is 8.20. The van der Waals surface area contributed by atoms with Crippen LogP contribution >= 0.6 is 15.9 Å². The predicted octanol–water partition coefficient (Wildman–Crippen LogP) is 4.47. The third-order valence-corrected chi connectivity index (χ3v) is 4.21. The zero-order valence-corrected chi connectivity index (χ0v) is 14.5. The first-order chi connectivity index (χ1) is 11.5. The summed E-state index contributed by atoms with van der Waals surface area (Å²) in [7, 11) is 0. The molecule has 1 unspecified atom stereocenters. The van der Waals surface area contributed by atoms with Crippen LogP contribution in [0.15, 0.2) is 59.1 Å². The zero-order valence-electron chi connectivity index (χ0n) is 12.9. The molecule has 2 aromatic carbocycles. The van der Waals surface area contributed by atoms with Gasteiger partial charge >= 0.3 is 0 Å². The van der Waals surface area contributed by atoms with Gasteiger partial charge in [0.05, 0.1) is 11.7 Å². The molecule has 3 rings (SSSR count). The molecule has 0 saturated heterocycles. The Kier molecular flexibility index (Phi) is 4.76. The van der Waals surface area contributed by atoms with Gasteiger partial charge < -0.3 is 5.32 Å². The predicted molar refractivity (Wildman–Crippen MR) is 94.0 cm³/mol. The summed E-state index contributed by atoms with van der Waals surface area (Å²) in [6, 6.07) is 15.2. The average Bonchev–Trinajstić information content (AvgIpc) is 3.06. The molecule has 1 atom stereocenters. The number of halogens is 2. The summed E-state index contributed by atoms with van der Waals surface area (Å²) in [5.41, 5.74) is 2.82. The second-order valence-electron chi connectivity index (χ2n) is 5.42. The van der Waals surface area contributed by atoms with E-state index in [-0.39, 0.29) is 17.8 Å². The zero-order chi connectivity index (χ0) is 17.1.